The van der Waals surface area contributed by atoms with Crippen LogP contribution in [0.25, 0.3) is 0 Å². The third-order valence-electron chi connectivity index (χ3n) is 3.32. The Hall–Kier alpha value is -1.62. The monoisotopic (exact) mass is 295 g/mol. The predicted molar refractivity (Wildman–Crippen MR) is 76.5 cm³/mol. The molecule has 106 valence electrons. The van der Waals surface area contributed by atoms with Gasteiger partial charge in [-0.25, -0.2) is 0 Å². The highest BCUT2D eigenvalue weighted by atomic mass is 32.1. The molecule has 1 atom stereocenters. The molecule has 1 aromatic carbocycles. The van der Waals surface area contributed by atoms with E-state index in [4.69, 9.17) is 0 Å². The summed E-state index contributed by atoms with van der Waals surface area (Å²) in [6, 6.07) is 11.2. The molecule has 20 heavy (non-hydrogen) atoms. The Bertz CT molecular complexity index is 555. The summed E-state index contributed by atoms with van der Waals surface area (Å²) >= 11 is 1.72. The lowest BCUT2D eigenvalue weighted by atomic mass is 10.1. The second-order valence-corrected chi connectivity index (χ2v) is 5.86. The molecule has 1 fully saturated rings. The third-order valence-corrected chi connectivity index (χ3v) is 4.28. The van der Waals surface area contributed by atoms with Gasteiger partial charge in [-0.1, -0.05) is 12.1 Å². The summed E-state index contributed by atoms with van der Waals surface area (Å²) < 4.78 is 28.9. The zero-order chi connectivity index (χ0) is 13.9. The second kappa shape index (κ2) is 5.79. The molecule has 3 rings (SSSR count). The van der Waals surface area contributed by atoms with E-state index in [9.17, 15) is 8.78 Å². The van der Waals surface area contributed by atoms with Crippen LogP contribution in [0.5, 0.6) is 5.75 Å². The number of ether oxygens (including phenoxy) is 1. The fourth-order valence-electron chi connectivity index (χ4n) is 2.26. The van der Waals surface area contributed by atoms with E-state index < -0.39 is 6.61 Å². The van der Waals surface area contributed by atoms with Crippen LogP contribution in [-0.4, -0.2) is 6.61 Å². The van der Waals surface area contributed by atoms with Gasteiger partial charge in [0.05, 0.1) is 6.04 Å². The molecule has 0 radical (unpaired) electrons. The molecule has 1 unspecified atom stereocenters. The maximum absolute atomic E-state index is 12.2. The average Bonchev–Trinajstić information content (AvgIpc) is 3.10. The minimum atomic E-state index is -2.79. The molecule has 1 N–H and O–H groups in total. The van der Waals surface area contributed by atoms with Crippen molar-refractivity contribution < 1.29 is 13.5 Å². The molecular weight excluding hydrogens is 280 g/mol. The number of alkyl halides is 2. The van der Waals surface area contributed by atoms with Crippen LogP contribution in [0.1, 0.15) is 23.8 Å². The first-order valence-electron chi connectivity index (χ1n) is 6.57. The summed E-state index contributed by atoms with van der Waals surface area (Å²) in [5, 5.41) is 5.50. The number of hydrogen-bond acceptors (Lipinski definition) is 3. The van der Waals surface area contributed by atoms with Gasteiger partial charge >= 0.3 is 6.61 Å². The quantitative estimate of drug-likeness (QED) is 0.817. The predicted octanol–water partition coefficient (Wildman–Crippen LogP) is 4.91. The highest BCUT2D eigenvalue weighted by Crippen LogP contribution is 2.44. The van der Waals surface area contributed by atoms with Gasteiger partial charge in [-0.2, -0.15) is 8.78 Å². The van der Waals surface area contributed by atoms with Gasteiger partial charge in [0.2, 0.25) is 0 Å². The van der Waals surface area contributed by atoms with E-state index in [0.29, 0.717) is 5.92 Å². The topological polar surface area (TPSA) is 21.3 Å². The fourth-order valence-corrected chi connectivity index (χ4v) is 3.13. The molecule has 0 bridgehead atoms. The van der Waals surface area contributed by atoms with Crippen molar-refractivity contribution >= 4 is 17.0 Å². The van der Waals surface area contributed by atoms with E-state index in [1.807, 2.05) is 12.1 Å². The highest BCUT2D eigenvalue weighted by molar-refractivity contribution is 7.10. The lowest BCUT2D eigenvalue weighted by Crippen LogP contribution is -2.11. The Morgan fingerprint density at radius 1 is 1.20 bits per heavy atom. The van der Waals surface area contributed by atoms with Crippen molar-refractivity contribution in [2.45, 2.75) is 25.5 Å². The van der Waals surface area contributed by atoms with Crippen molar-refractivity contribution in [1.82, 2.24) is 0 Å². The van der Waals surface area contributed by atoms with Crippen molar-refractivity contribution in [3.63, 3.8) is 0 Å². The van der Waals surface area contributed by atoms with E-state index in [-0.39, 0.29) is 11.8 Å². The van der Waals surface area contributed by atoms with Crippen LogP contribution in [0.15, 0.2) is 41.8 Å². The van der Waals surface area contributed by atoms with Crippen LogP contribution in [-0.2, 0) is 0 Å². The van der Waals surface area contributed by atoms with Crippen LogP contribution in [0.3, 0.4) is 0 Å². The molecule has 1 aromatic heterocycles. The highest BCUT2D eigenvalue weighted by Gasteiger charge is 2.32. The number of thiophene rings is 1. The molecule has 1 heterocycles. The Labute approximate surface area is 120 Å². The fraction of sp³-hybridized carbons (Fsp3) is 0.333. The first-order valence-corrected chi connectivity index (χ1v) is 7.45. The molecule has 2 nitrogen and oxygen atoms in total. The number of hydrogen-bond donors (Lipinski definition) is 1. The maximum Gasteiger partial charge on any atom is 0.387 e. The van der Waals surface area contributed by atoms with Gasteiger partial charge in [-0.05, 0) is 42.3 Å². The summed E-state index contributed by atoms with van der Waals surface area (Å²) in [6.45, 7) is -2.79. The van der Waals surface area contributed by atoms with Crippen molar-refractivity contribution in [2.24, 2.45) is 5.92 Å². The van der Waals surface area contributed by atoms with Crippen LogP contribution in [0.2, 0.25) is 0 Å². The number of rotatable bonds is 6. The summed E-state index contributed by atoms with van der Waals surface area (Å²) in [7, 11) is 0. The van der Waals surface area contributed by atoms with Crippen molar-refractivity contribution in [1.29, 1.82) is 0 Å². The van der Waals surface area contributed by atoms with Crippen LogP contribution < -0.4 is 10.1 Å². The zero-order valence-electron chi connectivity index (χ0n) is 10.8. The lowest BCUT2D eigenvalue weighted by Gasteiger charge is -2.18. The first-order chi connectivity index (χ1) is 9.72. The summed E-state index contributed by atoms with van der Waals surface area (Å²) in [5.74, 6) is 0.819. The van der Waals surface area contributed by atoms with Crippen LogP contribution in [0.4, 0.5) is 14.5 Å². The standard InChI is InChI=1S/C15H15F2NOS/c16-15(17)19-12-4-1-3-11(9-12)18-14(10-6-7-10)13-5-2-8-20-13/h1-5,8-10,14-15,18H,6-7H2. The maximum atomic E-state index is 12.2. The molecule has 0 amide bonds. The Balaban J connectivity index is 1.75. The number of halogens is 2. The van der Waals surface area contributed by atoms with Crippen molar-refractivity contribution in [3.8, 4) is 5.75 Å². The molecule has 1 aliphatic rings. The van der Waals surface area contributed by atoms with Crippen LogP contribution >= 0.6 is 11.3 Å². The zero-order valence-corrected chi connectivity index (χ0v) is 11.6. The first kappa shape index (κ1) is 13.4. The minimum absolute atomic E-state index is 0.186. The van der Waals surface area contributed by atoms with E-state index >= 15 is 0 Å². The lowest BCUT2D eigenvalue weighted by molar-refractivity contribution is -0.0498. The van der Waals surface area contributed by atoms with E-state index in [2.05, 4.69) is 21.5 Å². The molecule has 0 spiro atoms. The SMILES string of the molecule is FC(F)Oc1cccc(NC(c2cccs2)C2CC2)c1. The number of anilines is 1. The Kier molecular flexibility index (Phi) is 3.87. The average molecular weight is 295 g/mol. The third kappa shape index (κ3) is 3.28. The summed E-state index contributed by atoms with van der Waals surface area (Å²) in [5.41, 5.74) is 0.813. The molecular formula is C15H15F2NOS. The smallest absolute Gasteiger partial charge is 0.387 e. The van der Waals surface area contributed by atoms with Gasteiger partial charge in [0.1, 0.15) is 5.75 Å². The van der Waals surface area contributed by atoms with Gasteiger partial charge in [-0.3, -0.25) is 0 Å². The molecule has 0 saturated heterocycles. The number of benzene rings is 1. The van der Waals surface area contributed by atoms with Gasteiger partial charge in [0.25, 0.3) is 0 Å². The molecule has 1 aliphatic carbocycles. The molecule has 5 heteroatoms. The van der Waals surface area contributed by atoms with E-state index in [1.165, 1.54) is 23.8 Å². The minimum Gasteiger partial charge on any atom is -0.435 e. The Morgan fingerprint density at radius 2 is 2.05 bits per heavy atom. The second-order valence-electron chi connectivity index (χ2n) is 4.88. The summed E-state index contributed by atoms with van der Waals surface area (Å²) in [6.07, 6.45) is 2.42. The van der Waals surface area contributed by atoms with Crippen molar-refractivity contribution in [2.75, 3.05) is 5.32 Å². The van der Waals surface area contributed by atoms with Gasteiger partial charge in [0.15, 0.2) is 0 Å². The van der Waals surface area contributed by atoms with Crippen LogP contribution in [0, 0.1) is 5.92 Å². The Morgan fingerprint density at radius 3 is 2.70 bits per heavy atom. The normalized spacial score (nSPS) is 16.1. The van der Waals surface area contributed by atoms with Gasteiger partial charge in [0, 0.05) is 16.6 Å². The largest absolute Gasteiger partial charge is 0.435 e. The van der Waals surface area contributed by atoms with E-state index in [1.54, 1.807) is 23.5 Å². The van der Waals surface area contributed by atoms with Crippen molar-refractivity contribution in [3.05, 3.63) is 46.7 Å². The number of nitrogens with one attached hydrogen (secondary N) is 1. The molecule has 2 aromatic rings. The van der Waals surface area contributed by atoms with Gasteiger partial charge in [-0.15, -0.1) is 11.3 Å². The van der Waals surface area contributed by atoms with E-state index in [0.717, 1.165) is 5.69 Å². The van der Waals surface area contributed by atoms with Gasteiger partial charge < -0.3 is 10.1 Å². The molecule has 0 aliphatic heterocycles. The summed E-state index contributed by atoms with van der Waals surface area (Å²) in [4.78, 5) is 1.28. The molecule has 1 saturated carbocycles.